The molecule has 0 saturated heterocycles. The van der Waals surface area contributed by atoms with Crippen LogP contribution in [0.2, 0.25) is 0 Å². The summed E-state index contributed by atoms with van der Waals surface area (Å²) in [6, 6.07) is 3.03. The summed E-state index contributed by atoms with van der Waals surface area (Å²) in [7, 11) is 3.60. The SMILES string of the molecule is CN(C)C(=S)C(C(N)=S)c1ccc(C(=O)O)nc1. The van der Waals surface area contributed by atoms with E-state index in [1.807, 2.05) is 0 Å². The van der Waals surface area contributed by atoms with Crippen LogP contribution in [-0.4, -0.2) is 45.0 Å². The zero-order valence-electron chi connectivity index (χ0n) is 9.95. The summed E-state index contributed by atoms with van der Waals surface area (Å²) in [5, 5.41) is 8.77. The second-order valence-electron chi connectivity index (χ2n) is 3.85. The first-order valence-corrected chi connectivity index (χ1v) is 5.86. The van der Waals surface area contributed by atoms with Crippen LogP contribution < -0.4 is 5.73 Å². The zero-order valence-corrected chi connectivity index (χ0v) is 11.6. The van der Waals surface area contributed by atoms with E-state index in [0.29, 0.717) is 10.6 Å². The van der Waals surface area contributed by atoms with Crippen molar-refractivity contribution in [3.63, 3.8) is 0 Å². The summed E-state index contributed by atoms with van der Waals surface area (Å²) in [5.74, 6) is -1.50. The Hall–Kier alpha value is -1.60. The van der Waals surface area contributed by atoms with Crippen LogP contribution in [0, 0.1) is 0 Å². The highest BCUT2D eigenvalue weighted by molar-refractivity contribution is 7.82. The van der Waals surface area contributed by atoms with Gasteiger partial charge in [-0.3, -0.25) is 0 Å². The highest BCUT2D eigenvalue weighted by Gasteiger charge is 2.22. The molecule has 0 amide bonds. The maximum absolute atomic E-state index is 10.7. The van der Waals surface area contributed by atoms with Gasteiger partial charge in [-0.15, -0.1) is 0 Å². The highest BCUT2D eigenvalue weighted by Crippen LogP contribution is 2.19. The third-order valence-corrected chi connectivity index (χ3v) is 3.15. The number of carbonyl (C=O) groups is 1. The van der Waals surface area contributed by atoms with Crippen molar-refractivity contribution in [3.8, 4) is 0 Å². The normalized spacial score (nSPS) is 11.7. The maximum atomic E-state index is 10.7. The van der Waals surface area contributed by atoms with E-state index < -0.39 is 11.9 Å². The first-order chi connectivity index (χ1) is 8.34. The summed E-state index contributed by atoms with van der Waals surface area (Å²) < 4.78 is 0. The molecule has 96 valence electrons. The van der Waals surface area contributed by atoms with E-state index >= 15 is 0 Å². The van der Waals surface area contributed by atoms with Crippen molar-refractivity contribution in [1.82, 2.24) is 9.88 Å². The monoisotopic (exact) mass is 283 g/mol. The van der Waals surface area contributed by atoms with Crippen LogP contribution in [-0.2, 0) is 0 Å². The van der Waals surface area contributed by atoms with Gasteiger partial charge >= 0.3 is 5.97 Å². The third kappa shape index (κ3) is 3.21. The number of rotatable bonds is 4. The fourth-order valence-electron chi connectivity index (χ4n) is 1.39. The predicted octanol–water partition coefficient (Wildman–Crippen LogP) is 1.04. The van der Waals surface area contributed by atoms with Crippen LogP contribution in [0.25, 0.3) is 0 Å². The Labute approximate surface area is 116 Å². The molecule has 0 saturated carbocycles. The van der Waals surface area contributed by atoms with Gasteiger partial charge in [0.2, 0.25) is 0 Å². The molecule has 18 heavy (non-hydrogen) atoms. The summed E-state index contributed by atoms with van der Waals surface area (Å²) >= 11 is 10.3. The van der Waals surface area contributed by atoms with Crippen LogP contribution in [0.3, 0.4) is 0 Å². The van der Waals surface area contributed by atoms with Crippen molar-refractivity contribution in [2.24, 2.45) is 5.73 Å². The number of aromatic carboxylic acids is 1. The minimum Gasteiger partial charge on any atom is -0.477 e. The lowest BCUT2D eigenvalue weighted by Crippen LogP contribution is -2.34. The molecule has 0 aliphatic rings. The van der Waals surface area contributed by atoms with Gasteiger partial charge in [0, 0.05) is 20.3 Å². The van der Waals surface area contributed by atoms with E-state index in [-0.39, 0.29) is 10.7 Å². The smallest absolute Gasteiger partial charge is 0.354 e. The van der Waals surface area contributed by atoms with Gasteiger partial charge in [-0.2, -0.15) is 0 Å². The van der Waals surface area contributed by atoms with Crippen LogP contribution in [0.15, 0.2) is 18.3 Å². The van der Waals surface area contributed by atoms with Crippen molar-refractivity contribution in [2.75, 3.05) is 14.1 Å². The van der Waals surface area contributed by atoms with Crippen LogP contribution in [0.4, 0.5) is 0 Å². The molecular weight excluding hydrogens is 270 g/mol. The van der Waals surface area contributed by atoms with E-state index in [1.54, 1.807) is 25.1 Å². The number of hydrogen-bond donors (Lipinski definition) is 2. The van der Waals surface area contributed by atoms with Crippen LogP contribution in [0.5, 0.6) is 0 Å². The van der Waals surface area contributed by atoms with Gasteiger partial charge in [0.05, 0.1) is 15.9 Å². The molecule has 0 aliphatic carbocycles. The standard InChI is InChI=1S/C11H13N3O2S2/c1-14(2)10(18)8(9(12)17)6-3-4-7(11(15)16)13-5-6/h3-5,8H,1-2H3,(H2,12,17)(H,15,16). The van der Waals surface area contributed by atoms with Crippen molar-refractivity contribution in [1.29, 1.82) is 0 Å². The first-order valence-electron chi connectivity index (χ1n) is 5.04. The molecule has 7 heteroatoms. The largest absolute Gasteiger partial charge is 0.477 e. The van der Waals surface area contributed by atoms with Crippen molar-refractivity contribution >= 4 is 40.4 Å². The molecule has 1 aromatic rings. The molecule has 0 bridgehead atoms. The Balaban J connectivity index is 3.11. The second kappa shape index (κ2) is 5.83. The topological polar surface area (TPSA) is 79.5 Å². The average molecular weight is 283 g/mol. The fraction of sp³-hybridized carbons (Fsp3) is 0.273. The molecule has 1 unspecified atom stereocenters. The van der Waals surface area contributed by atoms with Crippen molar-refractivity contribution < 1.29 is 9.90 Å². The molecule has 1 aromatic heterocycles. The molecule has 0 aliphatic heterocycles. The molecule has 0 radical (unpaired) electrons. The minimum absolute atomic E-state index is 0.0313. The summed E-state index contributed by atoms with van der Waals surface area (Å²) in [6.07, 6.45) is 1.43. The Kier molecular flexibility index (Phi) is 4.69. The molecule has 1 rings (SSSR count). The van der Waals surface area contributed by atoms with E-state index in [0.717, 1.165) is 0 Å². The number of aromatic nitrogens is 1. The molecular formula is C11H13N3O2S2. The highest BCUT2D eigenvalue weighted by atomic mass is 32.1. The number of carboxylic acid groups (broad SMARTS) is 1. The van der Waals surface area contributed by atoms with Gasteiger partial charge in [0.15, 0.2) is 0 Å². The van der Waals surface area contributed by atoms with Crippen LogP contribution in [0.1, 0.15) is 22.0 Å². The summed E-state index contributed by atoms with van der Waals surface area (Å²) in [5.41, 5.74) is 6.33. The summed E-state index contributed by atoms with van der Waals surface area (Å²) in [6.45, 7) is 0. The van der Waals surface area contributed by atoms with Gasteiger partial charge < -0.3 is 15.7 Å². The van der Waals surface area contributed by atoms with Gasteiger partial charge in [0.1, 0.15) is 5.69 Å². The number of nitrogens with zero attached hydrogens (tertiary/aromatic N) is 2. The average Bonchev–Trinajstić information content (AvgIpc) is 2.29. The molecule has 3 N–H and O–H groups in total. The lowest BCUT2D eigenvalue weighted by molar-refractivity contribution is 0.0690. The van der Waals surface area contributed by atoms with E-state index in [4.69, 9.17) is 35.3 Å². The first kappa shape index (κ1) is 14.5. The number of thiocarbonyl (C=S) groups is 2. The van der Waals surface area contributed by atoms with Gasteiger partial charge in [-0.1, -0.05) is 30.5 Å². The number of likely N-dealkylation sites (N-methyl/N-ethyl adjacent to an activating group) is 1. The molecule has 0 fully saturated rings. The van der Waals surface area contributed by atoms with E-state index in [1.165, 1.54) is 12.3 Å². The molecule has 0 spiro atoms. The van der Waals surface area contributed by atoms with E-state index in [9.17, 15) is 4.79 Å². The molecule has 0 aromatic carbocycles. The lowest BCUT2D eigenvalue weighted by Gasteiger charge is -2.22. The van der Waals surface area contributed by atoms with E-state index in [2.05, 4.69) is 4.98 Å². The van der Waals surface area contributed by atoms with Crippen molar-refractivity contribution in [2.45, 2.75) is 5.92 Å². The second-order valence-corrected chi connectivity index (χ2v) is 4.74. The zero-order chi connectivity index (χ0) is 13.9. The van der Waals surface area contributed by atoms with Gasteiger partial charge in [0.25, 0.3) is 0 Å². The fourth-order valence-corrected chi connectivity index (χ4v) is 1.97. The quantitative estimate of drug-likeness (QED) is 0.799. The van der Waals surface area contributed by atoms with Crippen molar-refractivity contribution in [3.05, 3.63) is 29.6 Å². The number of pyridine rings is 1. The van der Waals surface area contributed by atoms with Gasteiger partial charge in [-0.25, -0.2) is 9.78 Å². The Morgan fingerprint density at radius 1 is 1.44 bits per heavy atom. The minimum atomic E-state index is -1.08. The maximum Gasteiger partial charge on any atom is 0.354 e. The number of nitrogens with two attached hydrogens (primary N) is 1. The Morgan fingerprint density at radius 2 is 2.06 bits per heavy atom. The number of carboxylic acids is 1. The van der Waals surface area contributed by atoms with Crippen LogP contribution >= 0.6 is 24.4 Å². The summed E-state index contributed by atoms with van der Waals surface area (Å²) in [4.78, 5) is 17.1. The Bertz CT molecular complexity index is 486. The third-order valence-electron chi connectivity index (χ3n) is 2.31. The molecule has 5 nitrogen and oxygen atoms in total. The van der Waals surface area contributed by atoms with Gasteiger partial charge in [-0.05, 0) is 11.6 Å². The Morgan fingerprint density at radius 3 is 2.39 bits per heavy atom. The molecule has 1 heterocycles. The lowest BCUT2D eigenvalue weighted by atomic mass is 10.00. The molecule has 1 atom stereocenters. The number of hydrogen-bond acceptors (Lipinski definition) is 4. The predicted molar refractivity (Wildman–Crippen MR) is 77.0 cm³/mol.